The summed E-state index contributed by atoms with van der Waals surface area (Å²) >= 11 is 9.12. The Morgan fingerprint density at radius 1 is 1.47 bits per heavy atom. The maximum absolute atomic E-state index is 12.3. The summed E-state index contributed by atoms with van der Waals surface area (Å²) in [5.41, 5.74) is 3.69. The van der Waals surface area contributed by atoms with Crippen LogP contribution in [0.15, 0.2) is 22.7 Å². The van der Waals surface area contributed by atoms with E-state index in [0.717, 1.165) is 0 Å². The largest absolute Gasteiger partial charge is 0.401 e. The van der Waals surface area contributed by atoms with Crippen molar-refractivity contribution in [1.82, 2.24) is 5.32 Å². The molecule has 0 aromatic heterocycles. The Bertz CT molecular complexity index is 495. The van der Waals surface area contributed by atoms with Crippen molar-refractivity contribution in [2.45, 2.75) is 18.6 Å². The van der Waals surface area contributed by atoms with E-state index >= 15 is 0 Å². The van der Waals surface area contributed by atoms with Crippen LogP contribution in [-0.2, 0) is 10.3 Å². The Balaban J connectivity index is 3.15. The Labute approximate surface area is 121 Å². The third-order valence-electron chi connectivity index (χ3n) is 2.60. The highest BCUT2D eigenvalue weighted by atomic mass is 79.9. The molecule has 0 spiro atoms. The summed E-state index contributed by atoms with van der Waals surface area (Å²) in [6.45, 7) is -0.0883. The lowest BCUT2D eigenvalue weighted by Crippen LogP contribution is -2.53. The molecule has 0 radical (unpaired) electrons. The van der Waals surface area contributed by atoms with E-state index in [1.54, 1.807) is 6.07 Å². The summed E-state index contributed by atoms with van der Waals surface area (Å²) < 4.78 is 37.5. The molecule has 19 heavy (non-hydrogen) atoms. The van der Waals surface area contributed by atoms with Crippen LogP contribution in [0.1, 0.15) is 12.5 Å². The lowest BCUT2D eigenvalue weighted by molar-refractivity contribution is -0.135. The Kier molecular flexibility index (Phi) is 4.86. The molecule has 0 fully saturated rings. The van der Waals surface area contributed by atoms with E-state index in [2.05, 4.69) is 21.2 Å². The molecule has 1 aromatic carbocycles. The highest BCUT2D eigenvalue weighted by Gasteiger charge is 2.39. The predicted molar refractivity (Wildman–Crippen MR) is 69.8 cm³/mol. The first-order chi connectivity index (χ1) is 8.56. The molecule has 106 valence electrons. The maximum atomic E-state index is 12.3. The second-order valence-corrected chi connectivity index (χ2v) is 5.41. The molecule has 1 amide bonds. The molecule has 0 bridgehead atoms. The van der Waals surface area contributed by atoms with Crippen LogP contribution in [0.25, 0.3) is 0 Å². The molecule has 1 rings (SSSR count). The lowest BCUT2D eigenvalue weighted by atomic mass is 9.91. The topological polar surface area (TPSA) is 55.1 Å². The number of carbonyl (C=O) groups excluding carboxylic acids is 1. The monoisotopic (exact) mass is 358 g/mol. The number of benzene rings is 1. The summed E-state index contributed by atoms with van der Waals surface area (Å²) in [5.74, 6) is -0.944. The molecular weight excluding hydrogens is 348 g/mol. The number of hydrogen-bond acceptors (Lipinski definition) is 2. The molecule has 3 N–H and O–H groups in total. The van der Waals surface area contributed by atoms with Gasteiger partial charge in [-0.1, -0.05) is 33.6 Å². The number of halogens is 5. The Hall–Kier alpha value is -0.790. The highest BCUT2D eigenvalue weighted by Crippen LogP contribution is 2.31. The molecule has 1 aromatic rings. The zero-order valence-corrected chi connectivity index (χ0v) is 12.2. The van der Waals surface area contributed by atoms with Gasteiger partial charge in [0.05, 0.1) is 6.54 Å². The molecule has 0 saturated carbocycles. The van der Waals surface area contributed by atoms with Gasteiger partial charge >= 0.3 is 6.18 Å². The smallest absolute Gasteiger partial charge is 0.368 e. The van der Waals surface area contributed by atoms with Gasteiger partial charge in [0, 0.05) is 9.50 Å². The van der Waals surface area contributed by atoms with Crippen LogP contribution in [0.2, 0.25) is 5.02 Å². The van der Waals surface area contributed by atoms with Gasteiger partial charge in [0.15, 0.2) is 0 Å². The summed E-state index contributed by atoms with van der Waals surface area (Å²) in [7, 11) is 0. The summed E-state index contributed by atoms with van der Waals surface area (Å²) in [6, 6.07) is 4.49. The number of alkyl halides is 3. The molecule has 1 atom stereocenters. The molecule has 8 heteroatoms. The number of hydrogen-bond donors (Lipinski definition) is 2. The molecule has 0 saturated heterocycles. The van der Waals surface area contributed by atoms with E-state index in [1.165, 1.54) is 19.1 Å². The van der Waals surface area contributed by atoms with Gasteiger partial charge in [-0.3, -0.25) is 10.1 Å². The van der Waals surface area contributed by atoms with Crippen molar-refractivity contribution in [3.8, 4) is 0 Å². The Morgan fingerprint density at radius 2 is 2.05 bits per heavy atom. The van der Waals surface area contributed by atoms with Crippen molar-refractivity contribution < 1.29 is 18.0 Å². The second-order valence-electron chi connectivity index (χ2n) is 4.08. The van der Waals surface area contributed by atoms with Crippen LogP contribution in [0, 0.1) is 0 Å². The second kappa shape index (κ2) is 5.68. The van der Waals surface area contributed by atoms with Crippen LogP contribution >= 0.6 is 27.5 Å². The number of carbonyl (C=O) groups is 1. The van der Waals surface area contributed by atoms with Crippen LogP contribution in [0.5, 0.6) is 0 Å². The van der Waals surface area contributed by atoms with E-state index in [0.29, 0.717) is 4.47 Å². The van der Waals surface area contributed by atoms with Gasteiger partial charge in [-0.05, 0) is 24.6 Å². The van der Waals surface area contributed by atoms with Gasteiger partial charge in [-0.25, -0.2) is 0 Å². The zero-order valence-electron chi connectivity index (χ0n) is 9.81. The number of nitrogens with one attached hydrogen (secondary N) is 1. The van der Waals surface area contributed by atoms with Crippen molar-refractivity contribution in [2.75, 3.05) is 6.54 Å². The van der Waals surface area contributed by atoms with Gasteiger partial charge in [0.1, 0.15) is 5.54 Å². The number of amides is 1. The molecule has 1 unspecified atom stereocenters. The fourth-order valence-corrected chi connectivity index (χ4v) is 2.35. The minimum Gasteiger partial charge on any atom is -0.368 e. The number of nitrogens with two attached hydrogens (primary N) is 1. The molecule has 0 aliphatic heterocycles. The SMILES string of the molecule is CC(NCC(F)(F)F)(C(N)=O)c1ccc(Br)cc1Cl. The minimum atomic E-state index is -4.46. The fraction of sp³-hybridized carbons (Fsp3) is 0.364. The lowest BCUT2D eigenvalue weighted by Gasteiger charge is -2.29. The van der Waals surface area contributed by atoms with Crippen molar-refractivity contribution >= 4 is 33.4 Å². The first kappa shape index (κ1) is 16.3. The maximum Gasteiger partial charge on any atom is 0.401 e. The summed E-state index contributed by atoms with van der Waals surface area (Å²) in [5, 5.41) is 2.26. The average molecular weight is 360 g/mol. The molecule has 0 aliphatic carbocycles. The van der Waals surface area contributed by atoms with Crippen LogP contribution in [0.4, 0.5) is 13.2 Å². The third-order valence-corrected chi connectivity index (χ3v) is 3.41. The first-order valence-corrected chi connectivity index (χ1v) is 6.30. The van der Waals surface area contributed by atoms with Crippen LogP contribution in [-0.4, -0.2) is 18.6 Å². The summed E-state index contributed by atoms with van der Waals surface area (Å²) in [6.07, 6.45) is -4.46. The van der Waals surface area contributed by atoms with E-state index < -0.39 is 24.2 Å². The Morgan fingerprint density at radius 3 is 2.47 bits per heavy atom. The third kappa shape index (κ3) is 4.09. The van der Waals surface area contributed by atoms with Crippen molar-refractivity contribution in [2.24, 2.45) is 5.73 Å². The highest BCUT2D eigenvalue weighted by molar-refractivity contribution is 9.10. The predicted octanol–water partition coefficient (Wildman–Crippen LogP) is 2.95. The van der Waals surface area contributed by atoms with E-state index in [-0.39, 0.29) is 10.6 Å². The minimum absolute atomic E-state index is 0.144. The molecule has 3 nitrogen and oxygen atoms in total. The standard InChI is InChI=1S/C11H11BrClF3N2O/c1-10(9(17)19,18-5-11(14,15)16)7-3-2-6(12)4-8(7)13/h2-4,18H,5H2,1H3,(H2,17,19). The van der Waals surface area contributed by atoms with Crippen molar-refractivity contribution in [1.29, 1.82) is 0 Å². The van der Waals surface area contributed by atoms with E-state index in [4.69, 9.17) is 17.3 Å². The molecule has 0 aliphatic rings. The fourth-order valence-electron chi connectivity index (χ4n) is 1.49. The van der Waals surface area contributed by atoms with Crippen LogP contribution < -0.4 is 11.1 Å². The van der Waals surface area contributed by atoms with Crippen molar-refractivity contribution in [3.05, 3.63) is 33.3 Å². The van der Waals surface area contributed by atoms with Crippen LogP contribution in [0.3, 0.4) is 0 Å². The molecular formula is C11H11BrClF3N2O. The average Bonchev–Trinajstić information content (AvgIpc) is 2.24. The van der Waals surface area contributed by atoms with Gasteiger partial charge in [-0.15, -0.1) is 0 Å². The normalized spacial score (nSPS) is 15.1. The first-order valence-electron chi connectivity index (χ1n) is 5.13. The quantitative estimate of drug-likeness (QED) is 0.868. The number of primary amides is 1. The van der Waals surface area contributed by atoms with Gasteiger partial charge in [0.2, 0.25) is 5.91 Å². The zero-order chi connectivity index (χ0) is 14.8. The van der Waals surface area contributed by atoms with Gasteiger partial charge in [-0.2, -0.15) is 13.2 Å². The summed E-state index contributed by atoms with van der Waals surface area (Å²) in [4.78, 5) is 11.5. The van der Waals surface area contributed by atoms with E-state index in [1.807, 2.05) is 0 Å². The van der Waals surface area contributed by atoms with Gasteiger partial charge in [0.25, 0.3) is 0 Å². The van der Waals surface area contributed by atoms with Gasteiger partial charge < -0.3 is 5.73 Å². The molecule has 0 heterocycles. The number of rotatable bonds is 4. The van der Waals surface area contributed by atoms with Crippen molar-refractivity contribution in [3.63, 3.8) is 0 Å². The van der Waals surface area contributed by atoms with E-state index in [9.17, 15) is 18.0 Å².